The number of pyridine rings is 1. The van der Waals surface area contributed by atoms with Gasteiger partial charge in [0.15, 0.2) is 9.84 Å². The molecule has 0 fully saturated rings. The Hall–Kier alpha value is -3.65. The first-order valence-corrected chi connectivity index (χ1v) is 11.0. The van der Waals surface area contributed by atoms with Crippen LogP contribution in [0.25, 0.3) is 16.7 Å². The van der Waals surface area contributed by atoms with Crippen LogP contribution in [-0.2, 0) is 9.84 Å². The van der Waals surface area contributed by atoms with Crippen molar-refractivity contribution in [2.45, 2.75) is 11.8 Å². The first-order chi connectivity index (χ1) is 14.2. The lowest BCUT2D eigenvalue weighted by Crippen LogP contribution is -2.17. The van der Waals surface area contributed by atoms with Gasteiger partial charge in [-0.1, -0.05) is 23.8 Å². The number of benzene rings is 2. The summed E-state index contributed by atoms with van der Waals surface area (Å²) in [6.45, 7) is 1.96. The van der Waals surface area contributed by atoms with E-state index >= 15 is 0 Å². The number of aryl methyl sites for hydroxylation is 1. The molecule has 4 aromatic rings. The second-order valence-electron chi connectivity index (χ2n) is 7.08. The predicted octanol–water partition coefficient (Wildman–Crippen LogP) is 3.28. The van der Waals surface area contributed by atoms with Crippen LogP contribution in [0.4, 0.5) is 5.69 Å². The Labute approximate surface area is 172 Å². The molecule has 0 aliphatic rings. The molecule has 0 bridgehead atoms. The van der Waals surface area contributed by atoms with Gasteiger partial charge in [-0.15, -0.1) is 0 Å². The molecule has 0 radical (unpaired) electrons. The molecule has 0 unspecified atom stereocenters. The summed E-state index contributed by atoms with van der Waals surface area (Å²) in [5.74, 6) is -0.445. The van der Waals surface area contributed by atoms with Gasteiger partial charge in [-0.2, -0.15) is 0 Å². The highest BCUT2D eigenvalue weighted by Crippen LogP contribution is 2.20. The fourth-order valence-corrected chi connectivity index (χ4v) is 3.86. The van der Waals surface area contributed by atoms with Gasteiger partial charge in [-0.05, 0) is 49.4 Å². The average molecular weight is 421 g/mol. The molecule has 0 atom stereocenters. The Morgan fingerprint density at radius 2 is 1.73 bits per heavy atom. The molecule has 1 amide bonds. The third-order valence-electron chi connectivity index (χ3n) is 4.73. The van der Waals surface area contributed by atoms with Crippen molar-refractivity contribution in [3.8, 4) is 5.69 Å². The first kappa shape index (κ1) is 19.7. The summed E-state index contributed by atoms with van der Waals surface area (Å²) >= 11 is 0. The fourth-order valence-electron chi connectivity index (χ4n) is 3.19. The van der Waals surface area contributed by atoms with Gasteiger partial charge in [0.2, 0.25) is 0 Å². The first-order valence-electron chi connectivity index (χ1n) is 9.16. The van der Waals surface area contributed by atoms with Crippen molar-refractivity contribution < 1.29 is 13.2 Å². The number of nitrogens with one attached hydrogen (secondary N) is 2. The van der Waals surface area contributed by atoms with E-state index in [-0.39, 0.29) is 16.1 Å². The normalized spacial score (nSPS) is 11.5. The Bertz CT molecular complexity index is 1430. The van der Waals surface area contributed by atoms with Gasteiger partial charge in [-0.25, -0.2) is 8.42 Å². The van der Waals surface area contributed by atoms with Crippen molar-refractivity contribution in [3.63, 3.8) is 0 Å². The summed E-state index contributed by atoms with van der Waals surface area (Å²) < 4.78 is 25.0. The fraction of sp³-hybridized carbons (Fsp3) is 0.0909. The molecule has 0 aliphatic heterocycles. The number of amides is 1. The topological polar surface area (TPSA) is 101 Å². The molecule has 8 heteroatoms. The third kappa shape index (κ3) is 3.77. The molecule has 2 aromatic heterocycles. The van der Waals surface area contributed by atoms with Gasteiger partial charge in [0.1, 0.15) is 11.3 Å². The molecule has 0 saturated carbocycles. The molecule has 0 saturated heterocycles. The SMILES string of the molecule is Cc1ccc(-n2c(=O)ccc3cc(C(=O)Nc4cccc(S(C)(=O)=O)c4)[nH]c32)cc1. The van der Waals surface area contributed by atoms with E-state index in [1.807, 2.05) is 31.2 Å². The second kappa shape index (κ2) is 7.31. The number of nitrogens with zero attached hydrogens (tertiary/aromatic N) is 1. The van der Waals surface area contributed by atoms with Gasteiger partial charge in [0.05, 0.1) is 10.6 Å². The molecule has 7 nitrogen and oxygen atoms in total. The highest BCUT2D eigenvalue weighted by atomic mass is 32.2. The smallest absolute Gasteiger partial charge is 0.272 e. The molecule has 0 aliphatic carbocycles. The van der Waals surface area contributed by atoms with Crippen LogP contribution in [0.3, 0.4) is 0 Å². The quantitative estimate of drug-likeness (QED) is 0.528. The summed E-state index contributed by atoms with van der Waals surface area (Å²) in [5.41, 5.74) is 2.65. The second-order valence-corrected chi connectivity index (χ2v) is 9.10. The summed E-state index contributed by atoms with van der Waals surface area (Å²) in [5, 5.41) is 3.39. The summed E-state index contributed by atoms with van der Waals surface area (Å²) in [6, 6.07) is 18.3. The Morgan fingerprint density at radius 1 is 1.00 bits per heavy atom. The molecule has 0 spiro atoms. The molecule has 4 rings (SSSR count). The minimum Gasteiger partial charge on any atom is -0.336 e. The maximum Gasteiger partial charge on any atom is 0.272 e. The monoisotopic (exact) mass is 421 g/mol. The van der Waals surface area contributed by atoms with Crippen LogP contribution in [0, 0.1) is 6.92 Å². The van der Waals surface area contributed by atoms with Gasteiger partial charge >= 0.3 is 0 Å². The van der Waals surface area contributed by atoms with E-state index in [1.165, 1.54) is 22.8 Å². The number of aromatic amines is 1. The minimum absolute atomic E-state index is 0.116. The van der Waals surface area contributed by atoms with Crippen LogP contribution in [-0.4, -0.2) is 30.1 Å². The lowest BCUT2D eigenvalue weighted by Gasteiger charge is -2.08. The van der Waals surface area contributed by atoms with E-state index in [4.69, 9.17) is 0 Å². The van der Waals surface area contributed by atoms with E-state index in [9.17, 15) is 18.0 Å². The number of hydrogen-bond acceptors (Lipinski definition) is 4. The van der Waals surface area contributed by atoms with E-state index in [2.05, 4.69) is 10.3 Å². The third-order valence-corrected chi connectivity index (χ3v) is 5.84. The summed E-state index contributed by atoms with van der Waals surface area (Å²) in [6.07, 6.45) is 1.11. The van der Waals surface area contributed by atoms with Crippen molar-refractivity contribution in [2.75, 3.05) is 11.6 Å². The number of carbonyl (C=O) groups excluding carboxylic acids is 1. The molecule has 2 heterocycles. The number of aromatic nitrogens is 2. The van der Waals surface area contributed by atoms with Gasteiger partial charge in [0.25, 0.3) is 11.5 Å². The number of hydrogen-bond donors (Lipinski definition) is 2. The van der Waals surface area contributed by atoms with E-state index in [0.29, 0.717) is 22.4 Å². The van der Waals surface area contributed by atoms with Gasteiger partial charge < -0.3 is 10.3 Å². The number of sulfone groups is 1. The summed E-state index contributed by atoms with van der Waals surface area (Å²) in [4.78, 5) is 28.4. The lowest BCUT2D eigenvalue weighted by molar-refractivity contribution is 0.102. The highest BCUT2D eigenvalue weighted by molar-refractivity contribution is 7.90. The maximum atomic E-state index is 12.7. The zero-order valence-electron chi connectivity index (χ0n) is 16.3. The van der Waals surface area contributed by atoms with Gasteiger partial charge in [-0.3, -0.25) is 14.2 Å². The van der Waals surface area contributed by atoms with E-state index < -0.39 is 15.7 Å². The van der Waals surface area contributed by atoms with Crippen LogP contribution in [0.5, 0.6) is 0 Å². The lowest BCUT2D eigenvalue weighted by atomic mass is 10.2. The van der Waals surface area contributed by atoms with Crippen molar-refractivity contribution in [1.29, 1.82) is 0 Å². The van der Waals surface area contributed by atoms with Crippen molar-refractivity contribution >= 4 is 32.5 Å². The van der Waals surface area contributed by atoms with E-state index in [1.54, 1.807) is 24.3 Å². The molecular weight excluding hydrogens is 402 g/mol. The standard InChI is InChI=1S/C22H19N3O4S/c1-14-6-9-17(10-7-14)25-20(26)11-8-15-12-19(24-21(15)25)22(27)23-16-4-3-5-18(13-16)30(2,28)29/h3-13,24H,1-2H3,(H,23,27). The minimum atomic E-state index is -3.39. The number of H-pyrrole nitrogens is 1. The molecule has 30 heavy (non-hydrogen) atoms. The molecule has 2 aromatic carbocycles. The zero-order chi connectivity index (χ0) is 21.5. The largest absolute Gasteiger partial charge is 0.336 e. The van der Waals surface area contributed by atoms with Crippen molar-refractivity contribution in [3.05, 3.63) is 88.3 Å². The number of carbonyl (C=O) groups is 1. The van der Waals surface area contributed by atoms with Crippen LogP contribution < -0.4 is 10.9 Å². The predicted molar refractivity (Wildman–Crippen MR) is 116 cm³/mol. The Kier molecular flexibility index (Phi) is 4.79. The van der Waals surface area contributed by atoms with Gasteiger partial charge in [0, 0.05) is 23.4 Å². The average Bonchev–Trinajstić information content (AvgIpc) is 3.13. The Morgan fingerprint density at radius 3 is 2.43 bits per heavy atom. The highest BCUT2D eigenvalue weighted by Gasteiger charge is 2.15. The van der Waals surface area contributed by atoms with Crippen LogP contribution >= 0.6 is 0 Å². The number of anilines is 1. The van der Waals surface area contributed by atoms with Crippen LogP contribution in [0.2, 0.25) is 0 Å². The van der Waals surface area contributed by atoms with Crippen molar-refractivity contribution in [2.24, 2.45) is 0 Å². The number of rotatable bonds is 4. The molecule has 2 N–H and O–H groups in total. The maximum absolute atomic E-state index is 12.7. The van der Waals surface area contributed by atoms with E-state index in [0.717, 1.165) is 11.8 Å². The number of fused-ring (bicyclic) bond motifs is 1. The van der Waals surface area contributed by atoms with Crippen molar-refractivity contribution in [1.82, 2.24) is 9.55 Å². The summed E-state index contributed by atoms with van der Waals surface area (Å²) in [7, 11) is -3.39. The zero-order valence-corrected chi connectivity index (χ0v) is 17.2. The Balaban J connectivity index is 1.72. The van der Waals surface area contributed by atoms with Crippen LogP contribution in [0.1, 0.15) is 16.1 Å². The van der Waals surface area contributed by atoms with Crippen LogP contribution in [0.15, 0.2) is 76.4 Å². The molecular formula is C22H19N3O4S. The molecule has 152 valence electrons.